The quantitative estimate of drug-likeness (QED) is 0.0927. The topological polar surface area (TPSA) is 133 Å². The molecule has 0 radical (unpaired) electrons. The molecule has 54 heavy (non-hydrogen) atoms. The summed E-state index contributed by atoms with van der Waals surface area (Å²) in [5.41, 5.74) is 1.38. The third-order valence-corrected chi connectivity index (χ3v) is 15.8. The molecule has 0 bridgehead atoms. The average molecular weight is 782 g/mol. The first kappa shape index (κ1) is 37.1. The molecule has 0 atom stereocenters. The van der Waals surface area contributed by atoms with Crippen LogP contribution in [0.25, 0.3) is 0 Å². The standard InChI is InChI=1S/C40H38N3O8P3/c44-31-29-33-17-13-15-27-39(33)50-54(51-40-28-16-14-18-34(40)30-32-45)42-52(46-35-19-5-1-6-20-35,47-36-21-7-2-8-22-36)41-53(43-54,48-37-23-9-3-10-24-37)49-38-25-11-4-12-26-38/h1-28,44-45H,29-32H2. The lowest BCUT2D eigenvalue weighted by molar-refractivity contribution is 0.298. The number of hydrogen-bond acceptors (Lipinski definition) is 11. The van der Waals surface area contributed by atoms with Gasteiger partial charge in [-0.25, -0.2) is 0 Å². The Labute approximate surface area is 314 Å². The Morgan fingerprint density at radius 2 is 0.593 bits per heavy atom. The monoisotopic (exact) mass is 781 g/mol. The Hall–Kier alpha value is -5.27. The average Bonchev–Trinajstić information content (AvgIpc) is 3.18. The number of rotatable bonds is 16. The van der Waals surface area contributed by atoms with Crippen molar-refractivity contribution in [3.8, 4) is 34.5 Å². The molecule has 1 heterocycles. The molecule has 0 fully saturated rings. The minimum Gasteiger partial charge on any atom is -0.413 e. The molecule has 1 aliphatic rings. The lowest BCUT2D eigenvalue weighted by Gasteiger charge is -2.33. The van der Waals surface area contributed by atoms with E-state index in [1.54, 1.807) is 60.7 Å². The fraction of sp³-hybridized carbons (Fsp3) is 0.100. The summed E-state index contributed by atoms with van der Waals surface area (Å²) in [6.45, 7) is -0.266. The second-order valence-corrected chi connectivity index (χ2v) is 17.9. The van der Waals surface area contributed by atoms with Gasteiger partial charge in [0, 0.05) is 13.2 Å². The van der Waals surface area contributed by atoms with Gasteiger partial charge in [0.1, 0.15) is 34.5 Å². The van der Waals surface area contributed by atoms with Crippen LogP contribution >= 0.6 is 23.0 Å². The summed E-state index contributed by atoms with van der Waals surface area (Å²) in [6, 6.07) is 50.9. The molecule has 0 unspecified atom stereocenters. The van der Waals surface area contributed by atoms with Gasteiger partial charge < -0.3 is 37.4 Å². The first-order valence-corrected chi connectivity index (χ1v) is 21.7. The molecule has 0 aliphatic carbocycles. The van der Waals surface area contributed by atoms with Crippen LogP contribution < -0.4 is 27.1 Å². The van der Waals surface area contributed by atoms with Crippen molar-refractivity contribution in [2.45, 2.75) is 12.8 Å². The predicted molar refractivity (Wildman–Crippen MR) is 212 cm³/mol. The zero-order chi connectivity index (χ0) is 37.1. The van der Waals surface area contributed by atoms with Crippen molar-refractivity contribution in [2.24, 2.45) is 13.5 Å². The second kappa shape index (κ2) is 17.3. The van der Waals surface area contributed by atoms with Gasteiger partial charge in [0.25, 0.3) is 0 Å². The van der Waals surface area contributed by atoms with E-state index in [0.717, 1.165) is 0 Å². The molecule has 0 spiro atoms. The highest BCUT2D eigenvalue weighted by Crippen LogP contribution is 2.78. The summed E-state index contributed by atoms with van der Waals surface area (Å²) >= 11 is 0. The van der Waals surface area contributed by atoms with Crippen molar-refractivity contribution < 1.29 is 37.4 Å². The highest BCUT2D eigenvalue weighted by molar-refractivity contribution is 7.79. The van der Waals surface area contributed by atoms with Crippen LogP contribution in [0.5, 0.6) is 34.5 Å². The van der Waals surface area contributed by atoms with Gasteiger partial charge in [0.2, 0.25) is 0 Å². The van der Waals surface area contributed by atoms with Crippen LogP contribution in [0.1, 0.15) is 11.1 Å². The molecule has 14 heteroatoms. The lowest BCUT2D eigenvalue weighted by atomic mass is 10.1. The van der Waals surface area contributed by atoms with Crippen LogP contribution in [0, 0.1) is 0 Å². The van der Waals surface area contributed by atoms with Gasteiger partial charge >= 0.3 is 23.0 Å². The van der Waals surface area contributed by atoms with Crippen molar-refractivity contribution >= 4 is 23.0 Å². The Morgan fingerprint density at radius 1 is 0.333 bits per heavy atom. The Kier molecular flexibility index (Phi) is 11.8. The van der Waals surface area contributed by atoms with Crippen molar-refractivity contribution in [1.29, 1.82) is 0 Å². The summed E-state index contributed by atoms with van der Waals surface area (Å²) in [4.78, 5) is 0. The van der Waals surface area contributed by atoms with Gasteiger partial charge in [0.15, 0.2) is 0 Å². The number of hydrogen-bond donors (Lipinski definition) is 2. The SMILES string of the molecule is OCCc1ccccc1OP1(Oc2ccccc2CCO)=NP(Oc2ccccc2)(Oc2ccccc2)=NP(Oc2ccccc2)(Oc2ccccc2)=N1. The molecule has 1 aliphatic heterocycles. The number of benzene rings is 6. The lowest BCUT2D eigenvalue weighted by Crippen LogP contribution is -2.12. The highest BCUT2D eigenvalue weighted by Gasteiger charge is 2.49. The van der Waals surface area contributed by atoms with Crippen LogP contribution in [0.15, 0.2) is 183 Å². The summed E-state index contributed by atoms with van der Waals surface area (Å²) in [5, 5.41) is 20.1. The summed E-state index contributed by atoms with van der Waals surface area (Å²) < 4.78 is 56.9. The van der Waals surface area contributed by atoms with Crippen LogP contribution in [-0.2, 0) is 12.8 Å². The Balaban J connectivity index is 1.58. The Bertz CT molecular complexity index is 2080. The molecule has 0 saturated heterocycles. The van der Waals surface area contributed by atoms with E-state index in [9.17, 15) is 10.2 Å². The maximum Gasteiger partial charge on any atom is 0.460 e. The molecule has 6 aromatic rings. The molecule has 276 valence electrons. The first-order chi connectivity index (χ1) is 26.5. The molecular formula is C40H38N3O8P3. The maximum absolute atomic E-state index is 10.0. The fourth-order valence-electron chi connectivity index (χ4n) is 5.33. The number of aliphatic hydroxyl groups excluding tert-OH is 2. The van der Waals surface area contributed by atoms with Crippen molar-refractivity contribution in [3.63, 3.8) is 0 Å². The van der Waals surface area contributed by atoms with Crippen LogP contribution in [0.2, 0.25) is 0 Å². The van der Waals surface area contributed by atoms with E-state index in [4.69, 9.17) is 40.7 Å². The van der Waals surface area contributed by atoms with Crippen LogP contribution in [0.4, 0.5) is 0 Å². The maximum atomic E-state index is 10.0. The zero-order valence-electron chi connectivity index (χ0n) is 29.0. The van der Waals surface area contributed by atoms with Crippen LogP contribution in [0.3, 0.4) is 0 Å². The third-order valence-electron chi connectivity index (χ3n) is 7.69. The molecule has 11 nitrogen and oxygen atoms in total. The predicted octanol–water partition coefficient (Wildman–Crippen LogP) is 11.4. The minimum atomic E-state index is -4.13. The number of para-hydroxylation sites is 6. The second-order valence-electron chi connectivity index (χ2n) is 11.7. The van der Waals surface area contributed by atoms with E-state index < -0.39 is 23.0 Å². The molecule has 0 amide bonds. The zero-order valence-corrected chi connectivity index (χ0v) is 31.7. The van der Waals surface area contributed by atoms with E-state index in [1.807, 2.05) is 109 Å². The molecule has 7 rings (SSSR count). The molecule has 0 saturated carbocycles. The van der Waals surface area contributed by atoms with Gasteiger partial charge in [-0.2, -0.15) is 0 Å². The minimum absolute atomic E-state index is 0.133. The summed E-state index contributed by atoms with van der Waals surface area (Å²) in [7, 11) is -12.2. The van der Waals surface area contributed by atoms with Gasteiger partial charge in [-0.1, -0.05) is 123 Å². The van der Waals surface area contributed by atoms with Gasteiger partial charge in [0.05, 0.1) is 0 Å². The number of aliphatic hydroxyl groups is 2. The summed E-state index contributed by atoms with van der Waals surface area (Å²) in [5.74, 6) is 2.37. The third kappa shape index (κ3) is 9.26. The number of nitrogens with zero attached hydrogens (tertiary/aromatic N) is 3. The van der Waals surface area contributed by atoms with E-state index >= 15 is 0 Å². The highest BCUT2D eigenvalue weighted by atomic mass is 31.3. The molecular weight excluding hydrogens is 743 g/mol. The van der Waals surface area contributed by atoms with Crippen molar-refractivity contribution in [1.82, 2.24) is 0 Å². The fourth-order valence-corrected chi connectivity index (χ4v) is 14.5. The largest absolute Gasteiger partial charge is 0.460 e. The van der Waals surface area contributed by atoms with Gasteiger partial charge in [-0.05, 0) is 84.6 Å². The van der Waals surface area contributed by atoms with Gasteiger partial charge in [-0.3, -0.25) is 0 Å². The van der Waals surface area contributed by atoms with Crippen molar-refractivity contribution in [2.75, 3.05) is 13.2 Å². The molecule has 0 aromatic heterocycles. The van der Waals surface area contributed by atoms with E-state index in [0.29, 0.717) is 45.6 Å². The summed E-state index contributed by atoms with van der Waals surface area (Å²) in [6.07, 6.45) is 0.564. The molecule has 6 aromatic carbocycles. The molecule has 2 N–H and O–H groups in total. The Morgan fingerprint density at radius 3 is 0.889 bits per heavy atom. The van der Waals surface area contributed by atoms with E-state index in [2.05, 4.69) is 0 Å². The smallest absolute Gasteiger partial charge is 0.413 e. The van der Waals surface area contributed by atoms with Crippen LogP contribution in [-0.4, -0.2) is 23.4 Å². The first-order valence-electron chi connectivity index (χ1n) is 17.2. The van der Waals surface area contributed by atoms with E-state index in [-0.39, 0.29) is 26.1 Å². The van der Waals surface area contributed by atoms with Crippen molar-refractivity contribution in [3.05, 3.63) is 181 Å². The normalized spacial score (nSPS) is 14.9. The van der Waals surface area contributed by atoms with E-state index in [1.165, 1.54) is 0 Å². The van der Waals surface area contributed by atoms with Gasteiger partial charge in [-0.15, -0.1) is 0 Å².